The van der Waals surface area contributed by atoms with Crippen molar-refractivity contribution in [2.75, 3.05) is 19.4 Å². The van der Waals surface area contributed by atoms with Gasteiger partial charge in [-0.25, -0.2) is 0 Å². The maximum Gasteiger partial charge on any atom is 0.118 e. The van der Waals surface area contributed by atoms with E-state index in [-0.39, 0.29) is 0 Å². The largest absolute Gasteiger partial charge is 0.497 e. The van der Waals surface area contributed by atoms with Crippen LogP contribution < -0.4 is 10.1 Å². The molecule has 2 rings (SSSR count). The molecule has 1 heterocycles. The van der Waals surface area contributed by atoms with Crippen molar-refractivity contribution in [1.29, 1.82) is 0 Å². The second-order valence-electron chi connectivity index (χ2n) is 4.22. The fourth-order valence-corrected chi connectivity index (χ4v) is 3.30. The van der Waals surface area contributed by atoms with Gasteiger partial charge in [0.2, 0.25) is 0 Å². The van der Waals surface area contributed by atoms with Gasteiger partial charge in [0.25, 0.3) is 0 Å². The Hall–Kier alpha value is -0.970. The number of hydrogen-bond donors (Lipinski definition) is 1. The van der Waals surface area contributed by atoms with Crippen molar-refractivity contribution in [2.24, 2.45) is 0 Å². The van der Waals surface area contributed by atoms with Crippen LogP contribution in [0.15, 0.2) is 46.7 Å². The van der Waals surface area contributed by atoms with Crippen LogP contribution in [-0.2, 0) is 0 Å². The van der Waals surface area contributed by atoms with Gasteiger partial charge in [-0.1, -0.05) is 6.07 Å². The Morgan fingerprint density at radius 3 is 2.68 bits per heavy atom. The average Bonchev–Trinajstić information content (AvgIpc) is 2.98. The number of methoxy groups -OCH3 is 1. The molecular weight excluding hydrogens is 274 g/mol. The Balaban J connectivity index is 1.68. The Kier molecular flexibility index (Phi) is 5.76. The van der Waals surface area contributed by atoms with E-state index in [1.807, 2.05) is 23.9 Å². The zero-order chi connectivity index (χ0) is 13.5. The fourth-order valence-electron chi connectivity index (χ4n) is 1.75. The minimum absolute atomic E-state index is 0.441. The molecule has 102 valence electrons. The highest BCUT2D eigenvalue weighted by Gasteiger charge is 2.04. The number of benzene rings is 1. The summed E-state index contributed by atoms with van der Waals surface area (Å²) in [6.45, 7) is 3.22. The number of ether oxygens (including phenoxy) is 1. The van der Waals surface area contributed by atoms with Gasteiger partial charge in [0.15, 0.2) is 0 Å². The predicted octanol–water partition coefficient (Wildman–Crippen LogP) is 4.20. The molecule has 1 N–H and O–H groups in total. The fraction of sp³-hybridized carbons (Fsp3) is 0.333. The Morgan fingerprint density at radius 1 is 1.26 bits per heavy atom. The van der Waals surface area contributed by atoms with Crippen LogP contribution in [0.5, 0.6) is 5.75 Å². The van der Waals surface area contributed by atoms with Crippen molar-refractivity contribution >= 4 is 23.1 Å². The highest BCUT2D eigenvalue weighted by molar-refractivity contribution is 7.99. The lowest BCUT2D eigenvalue weighted by Crippen LogP contribution is -2.20. The molecule has 0 aliphatic rings. The second-order valence-corrected chi connectivity index (χ2v) is 6.36. The number of thiophene rings is 1. The molecule has 1 atom stereocenters. The van der Waals surface area contributed by atoms with Crippen LogP contribution in [0.2, 0.25) is 0 Å². The molecule has 0 aliphatic carbocycles. The average molecular weight is 293 g/mol. The first-order valence-corrected chi connectivity index (χ1v) is 8.20. The van der Waals surface area contributed by atoms with E-state index in [9.17, 15) is 0 Å². The molecule has 19 heavy (non-hydrogen) atoms. The maximum atomic E-state index is 5.15. The summed E-state index contributed by atoms with van der Waals surface area (Å²) in [6, 6.07) is 12.9. The van der Waals surface area contributed by atoms with E-state index in [4.69, 9.17) is 4.74 Å². The molecule has 2 nitrogen and oxygen atoms in total. The molecular formula is C15H19NOS2. The normalized spacial score (nSPS) is 12.3. The summed E-state index contributed by atoms with van der Waals surface area (Å²) in [7, 11) is 1.69. The van der Waals surface area contributed by atoms with Gasteiger partial charge in [0.1, 0.15) is 5.75 Å². The van der Waals surface area contributed by atoms with Gasteiger partial charge in [-0.2, -0.15) is 0 Å². The SMILES string of the molecule is COc1ccc(SCCNC(C)c2cccs2)cc1. The summed E-state index contributed by atoms with van der Waals surface area (Å²) in [5.41, 5.74) is 0. The molecule has 1 aromatic carbocycles. The number of nitrogens with one attached hydrogen (secondary N) is 1. The van der Waals surface area contributed by atoms with Crippen LogP contribution in [-0.4, -0.2) is 19.4 Å². The van der Waals surface area contributed by atoms with Crippen LogP contribution in [0.4, 0.5) is 0 Å². The number of rotatable bonds is 7. The standard InChI is InChI=1S/C15H19NOS2/c1-12(15-4-3-10-19-15)16-9-11-18-14-7-5-13(17-2)6-8-14/h3-8,10,12,16H,9,11H2,1-2H3. The summed E-state index contributed by atoms with van der Waals surface area (Å²) in [5, 5.41) is 5.67. The third-order valence-corrected chi connectivity index (χ3v) is 4.92. The minimum atomic E-state index is 0.441. The highest BCUT2D eigenvalue weighted by Crippen LogP contribution is 2.21. The second kappa shape index (κ2) is 7.58. The molecule has 0 spiro atoms. The van der Waals surface area contributed by atoms with E-state index < -0.39 is 0 Å². The van der Waals surface area contributed by atoms with Gasteiger partial charge in [-0.15, -0.1) is 23.1 Å². The molecule has 0 aliphatic heterocycles. The van der Waals surface area contributed by atoms with Gasteiger partial charge >= 0.3 is 0 Å². The van der Waals surface area contributed by atoms with Crippen LogP contribution in [0, 0.1) is 0 Å². The van der Waals surface area contributed by atoms with Gasteiger partial charge in [-0.05, 0) is 42.6 Å². The smallest absolute Gasteiger partial charge is 0.118 e. The molecule has 1 aromatic heterocycles. The number of hydrogen-bond acceptors (Lipinski definition) is 4. The molecule has 0 saturated heterocycles. The van der Waals surface area contributed by atoms with E-state index >= 15 is 0 Å². The molecule has 4 heteroatoms. The van der Waals surface area contributed by atoms with Crippen molar-refractivity contribution < 1.29 is 4.74 Å². The zero-order valence-electron chi connectivity index (χ0n) is 11.3. The Bertz CT molecular complexity index is 467. The van der Waals surface area contributed by atoms with E-state index in [0.717, 1.165) is 18.0 Å². The van der Waals surface area contributed by atoms with Crippen molar-refractivity contribution in [3.63, 3.8) is 0 Å². The van der Waals surface area contributed by atoms with E-state index in [2.05, 4.69) is 41.9 Å². The molecule has 0 fully saturated rings. The molecule has 0 saturated carbocycles. The topological polar surface area (TPSA) is 21.3 Å². The highest BCUT2D eigenvalue weighted by atomic mass is 32.2. The van der Waals surface area contributed by atoms with Gasteiger partial charge in [0.05, 0.1) is 7.11 Å². The van der Waals surface area contributed by atoms with Crippen LogP contribution in [0.1, 0.15) is 17.8 Å². The summed E-state index contributed by atoms with van der Waals surface area (Å²) < 4.78 is 5.15. The first kappa shape index (κ1) is 14.4. The third-order valence-electron chi connectivity index (χ3n) is 2.85. The van der Waals surface area contributed by atoms with Crippen molar-refractivity contribution in [3.8, 4) is 5.75 Å². The lowest BCUT2D eigenvalue weighted by Gasteiger charge is -2.11. The van der Waals surface area contributed by atoms with Gasteiger partial charge in [0, 0.05) is 28.1 Å². The Labute approximate surface area is 123 Å². The number of thioether (sulfide) groups is 1. The van der Waals surface area contributed by atoms with Gasteiger partial charge in [-0.3, -0.25) is 0 Å². The zero-order valence-corrected chi connectivity index (χ0v) is 12.9. The third kappa shape index (κ3) is 4.56. The van der Waals surface area contributed by atoms with E-state index in [1.165, 1.54) is 9.77 Å². The summed E-state index contributed by atoms with van der Waals surface area (Å²) in [4.78, 5) is 2.68. The Morgan fingerprint density at radius 2 is 2.05 bits per heavy atom. The first-order valence-electron chi connectivity index (χ1n) is 6.33. The molecule has 0 bridgehead atoms. The monoisotopic (exact) mass is 293 g/mol. The maximum absolute atomic E-state index is 5.15. The minimum Gasteiger partial charge on any atom is -0.497 e. The van der Waals surface area contributed by atoms with E-state index in [1.54, 1.807) is 18.4 Å². The van der Waals surface area contributed by atoms with Crippen molar-refractivity contribution in [3.05, 3.63) is 46.7 Å². The molecule has 1 unspecified atom stereocenters. The van der Waals surface area contributed by atoms with E-state index in [0.29, 0.717) is 6.04 Å². The van der Waals surface area contributed by atoms with Crippen molar-refractivity contribution in [2.45, 2.75) is 17.9 Å². The summed E-state index contributed by atoms with van der Waals surface area (Å²) in [5.74, 6) is 1.98. The molecule has 2 aromatic rings. The quantitative estimate of drug-likeness (QED) is 0.610. The lowest BCUT2D eigenvalue weighted by atomic mass is 10.3. The summed E-state index contributed by atoms with van der Waals surface area (Å²) >= 11 is 3.67. The lowest BCUT2D eigenvalue weighted by molar-refractivity contribution is 0.414. The van der Waals surface area contributed by atoms with Crippen LogP contribution in [0.25, 0.3) is 0 Å². The van der Waals surface area contributed by atoms with Crippen molar-refractivity contribution in [1.82, 2.24) is 5.32 Å². The van der Waals surface area contributed by atoms with Crippen LogP contribution in [0.3, 0.4) is 0 Å². The van der Waals surface area contributed by atoms with Crippen LogP contribution >= 0.6 is 23.1 Å². The molecule has 0 amide bonds. The van der Waals surface area contributed by atoms with Gasteiger partial charge < -0.3 is 10.1 Å². The molecule has 0 radical (unpaired) electrons. The predicted molar refractivity (Wildman–Crippen MR) is 84.5 cm³/mol. The first-order chi connectivity index (χ1) is 9.29. The summed E-state index contributed by atoms with van der Waals surface area (Å²) in [6.07, 6.45) is 0.